The van der Waals surface area contributed by atoms with Crippen molar-refractivity contribution in [2.24, 2.45) is 11.8 Å². The Morgan fingerprint density at radius 2 is 2.25 bits per heavy atom. The van der Waals surface area contributed by atoms with Crippen LogP contribution in [0.5, 0.6) is 0 Å². The third kappa shape index (κ3) is 1.95. The molecule has 86 valence electrons. The van der Waals surface area contributed by atoms with E-state index in [4.69, 9.17) is 11.6 Å². The van der Waals surface area contributed by atoms with Gasteiger partial charge in [-0.3, -0.25) is 0 Å². The average Bonchev–Trinajstić information content (AvgIpc) is 2.84. The van der Waals surface area contributed by atoms with E-state index < -0.39 is 0 Å². The Balaban J connectivity index is 1.74. The molecule has 0 spiro atoms. The van der Waals surface area contributed by atoms with E-state index in [0.29, 0.717) is 11.1 Å². The number of pyridine rings is 1. The second-order valence-corrected chi connectivity index (χ2v) is 6.20. The van der Waals surface area contributed by atoms with Crippen LogP contribution in [-0.4, -0.2) is 11.0 Å². The summed E-state index contributed by atoms with van der Waals surface area (Å²) in [7, 11) is 0. The molecule has 3 atom stereocenters. The monoisotopic (exact) mass is 300 g/mol. The summed E-state index contributed by atoms with van der Waals surface area (Å²) in [4.78, 5) is 4.33. The molecule has 2 fully saturated rings. The van der Waals surface area contributed by atoms with Crippen LogP contribution in [0.4, 0.5) is 5.82 Å². The Kier molecular flexibility index (Phi) is 2.84. The summed E-state index contributed by atoms with van der Waals surface area (Å²) in [5.41, 5.74) is 0. The maximum atomic E-state index is 5.88. The Bertz CT molecular complexity index is 410. The van der Waals surface area contributed by atoms with Crippen LogP contribution >= 0.6 is 27.5 Å². The van der Waals surface area contributed by atoms with Gasteiger partial charge < -0.3 is 5.32 Å². The number of aromatic nitrogens is 1. The highest BCUT2D eigenvalue weighted by Crippen LogP contribution is 2.45. The zero-order valence-corrected chi connectivity index (χ0v) is 11.3. The van der Waals surface area contributed by atoms with Crippen molar-refractivity contribution in [1.29, 1.82) is 0 Å². The first kappa shape index (κ1) is 10.8. The Morgan fingerprint density at radius 1 is 1.38 bits per heavy atom. The predicted molar refractivity (Wildman–Crippen MR) is 69.8 cm³/mol. The number of hydrogen-bond donors (Lipinski definition) is 1. The lowest BCUT2D eigenvalue weighted by atomic mass is 9.95. The normalized spacial score (nSPS) is 32.0. The van der Waals surface area contributed by atoms with Gasteiger partial charge in [0.15, 0.2) is 0 Å². The minimum absolute atomic E-state index is 0.615. The molecule has 0 aromatic carbocycles. The summed E-state index contributed by atoms with van der Waals surface area (Å²) in [6, 6.07) is 2.51. The largest absolute Gasteiger partial charge is 0.366 e. The molecule has 1 aromatic heterocycles. The summed E-state index contributed by atoms with van der Waals surface area (Å²) in [6.45, 7) is 0. The first-order chi connectivity index (χ1) is 7.72. The molecule has 16 heavy (non-hydrogen) atoms. The van der Waals surface area contributed by atoms with Crippen molar-refractivity contribution in [2.75, 3.05) is 5.32 Å². The first-order valence-corrected chi connectivity index (χ1v) is 6.97. The fraction of sp³-hybridized carbons (Fsp3) is 0.583. The van der Waals surface area contributed by atoms with Crippen LogP contribution in [0.2, 0.25) is 5.02 Å². The number of anilines is 1. The van der Waals surface area contributed by atoms with Crippen molar-refractivity contribution in [1.82, 2.24) is 4.98 Å². The van der Waals surface area contributed by atoms with Gasteiger partial charge in [-0.2, -0.15) is 0 Å². The van der Waals surface area contributed by atoms with Crippen LogP contribution in [0.25, 0.3) is 0 Å². The Hall–Kier alpha value is -0.280. The molecule has 0 aliphatic heterocycles. The molecule has 2 saturated carbocycles. The van der Waals surface area contributed by atoms with Crippen LogP contribution in [-0.2, 0) is 0 Å². The number of halogens is 2. The number of hydrogen-bond acceptors (Lipinski definition) is 2. The van der Waals surface area contributed by atoms with Gasteiger partial charge in [-0.25, -0.2) is 4.98 Å². The maximum absolute atomic E-state index is 5.88. The van der Waals surface area contributed by atoms with Crippen LogP contribution in [0.15, 0.2) is 16.7 Å². The zero-order valence-electron chi connectivity index (χ0n) is 8.92. The second-order valence-electron chi connectivity index (χ2n) is 4.91. The molecule has 0 radical (unpaired) electrons. The van der Waals surface area contributed by atoms with Crippen LogP contribution < -0.4 is 5.32 Å². The molecule has 0 amide bonds. The molecule has 2 aliphatic rings. The third-order valence-corrected chi connectivity index (χ3v) is 4.68. The van der Waals surface area contributed by atoms with Gasteiger partial charge in [-0.1, -0.05) is 18.0 Å². The molecular weight excluding hydrogens is 288 g/mol. The molecule has 1 heterocycles. The molecule has 4 heteroatoms. The Labute approximate surface area is 109 Å². The molecule has 3 rings (SSSR count). The van der Waals surface area contributed by atoms with E-state index in [1.54, 1.807) is 6.20 Å². The van der Waals surface area contributed by atoms with Gasteiger partial charge in [0.1, 0.15) is 5.82 Å². The van der Waals surface area contributed by atoms with Gasteiger partial charge in [0, 0.05) is 12.2 Å². The molecule has 1 N–H and O–H groups in total. The zero-order chi connectivity index (χ0) is 11.1. The van der Waals surface area contributed by atoms with Crippen molar-refractivity contribution in [2.45, 2.75) is 31.7 Å². The van der Waals surface area contributed by atoms with E-state index in [1.807, 2.05) is 6.07 Å². The molecule has 1 aromatic rings. The van der Waals surface area contributed by atoms with E-state index in [0.717, 1.165) is 22.1 Å². The molecule has 2 nitrogen and oxygen atoms in total. The molecule has 2 aliphatic carbocycles. The van der Waals surface area contributed by atoms with Crippen LogP contribution in [0.3, 0.4) is 0 Å². The third-order valence-electron chi connectivity index (χ3n) is 3.87. The summed E-state index contributed by atoms with van der Waals surface area (Å²) < 4.78 is 0.961. The van der Waals surface area contributed by atoms with E-state index in [2.05, 4.69) is 26.2 Å². The maximum Gasteiger partial charge on any atom is 0.140 e. The predicted octanol–water partition coefficient (Wildman–Crippen LogP) is 4.10. The minimum atomic E-state index is 0.615. The van der Waals surface area contributed by atoms with Crippen LogP contribution in [0, 0.1) is 11.8 Å². The average molecular weight is 302 g/mol. The fourth-order valence-electron chi connectivity index (χ4n) is 3.12. The standard InChI is InChI=1S/C12H14BrClN2/c13-10-5-9(14)6-15-12(10)16-11-4-7-1-2-8(11)3-7/h5-8,11H,1-4H2,(H,15,16). The number of fused-ring (bicyclic) bond motifs is 2. The van der Waals surface area contributed by atoms with E-state index in [9.17, 15) is 0 Å². The van der Waals surface area contributed by atoms with Gasteiger partial charge >= 0.3 is 0 Å². The molecule has 0 saturated heterocycles. The van der Waals surface area contributed by atoms with Crippen molar-refractivity contribution in [3.63, 3.8) is 0 Å². The minimum Gasteiger partial charge on any atom is -0.366 e. The number of nitrogens with zero attached hydrogens (tertiary/aromatic N) is 1. The lowest BCUT2D eigenvalue weighted by molar-refractivity contribution is 0.439. The molecular formula is C12H14BrClN2. The van der Waals surface area contributed by atoms with Crippen molar-refractivity contribution >= 4 is 33.3 Å². The summed E-state index contributed by atoms with van der Waals surface area (Å²) >= 11 is 9.37. The summed E-state index contributed by atoms with van der Waals surface area (Å²) in [5, 5.41) is 4.22. The van der Waals surface area contributed by atoms with Gasteiger partial charge in [-0.15, -0.1) is 0 Å². The van der Waals surface area contributed by atoms with Crippen LogP contribution in [0.1, 0.15) is 25.7 Å². The quantitative estimate of drug-likeness (QED) is 0.889. The second kappa shape index (κ2) is 4.19. The molecule has 2 bridgehead atoms. The summed E-state index contributed by atoms with van der Waals surface area (Å²) in [5.74, 6) is 2.74. The van der Waals surface area contributed by atoms with Crippen molar-refractivity contribution < 1.29 is 0 Å². The van der Waals surface area contributed by atoms with Gasteiger partial charge in [0.25, 0.3) is 0 Å². The lowest BCUT2D eigenvalue weighted by Gasteiger charge is -2.23. The lowest BCUT2D eigenvalue weighted by Crippen LogP contribution is -2.26. The molecule has 3 unspecified atom stereocenters. The van der Waals surface area contributed by atoms with Gasteiger partial charge in [0.2, 0.25) is 0 Å². The van der Waals surface area contributed by atoms with Crippen molar-refractivity contribution in [3.05, 3.63) is 21.8 Å². The number of nitrogens with one attached hydrogen (secondary N) is 1. The Morgan fingerprint density at radius 3 is 2.88 bits per heavy atom. The number of rotatable bonds is 2. The van der Waals surface area contributed by atoms with Gasteiger partial charge in [-0.05, 0) is 53.1 Å². The smallest absolute Gasteiger partial charge is 0.140 e. The SMILES string of the molecule is Clc1cnc(NC2CC3CCC2C3)c(Br)c1. The highest BCUT2D eigenvalue weighted by Gasteiger charge is 2.39. The van der Waals surface area contributed by atoms with E-state index >= 15 is 0 Å². The van der Waals surface area contributed by atoms with E-state index in [-0.39, 0.29) is 0 Å². The highest BCUT2D eigenvalue weighted by atomic mass is 79.9. The fourth-order valence-corrected chi connectivity index (χ4v) is 3.87. The highest BCUT2D eigenvalue weighted by molar-refractivity contribution is 9.10. The van der Waals surface area contributed by atoms with E-state index in [1.165, 1.54) is 25.7 Å². The van der Waals surface area contributed by atoms with Crippen molar-refractivity contribution in [3.8, 4) is 0 Å². The topological polar surface area (TPSA) is 24.9 Å². The summed E-state index contributed by atoms with van der Waals surface area (Å²) in [6.07, 6.45) is 7.22. The first-order valence-electron chi connectivity index (χ1n) is 5.80. The van der Waals surface area contributed by atoms with Gasteiger partial charge in [0.05, 0.1) is 9.50 Å².